The number of rotatable bonds is 3. The van der Waals surface area contributed by atoms with Gasteiger partial charge in [0, 0.05) is 6.07 Å². The summed E-state index contributed by atoms with van der Waals surface area (Å²) in [6.45, 7) is 4.72. The summed E-state index contributed by atoms with van der Waals surface area (Å²) in [5.41, 5.74) is 2.38. The number of hydrogen-bond acceptors (Lipinski definition) is 3. The van der Waals surface area contributed by atoms with Crippen molar-refractivity contribution in [2.45, 2.75) is 26.4 Å². The molecule has 0 N–H and O–H groups in total. The summed E-state index contributed by atoms with van der Waals surface area (Å²) in [6, 6.07) is 16.6. The Balaban J connectivity index is 1.65. The molecule has 4 rings (SSSR count). The average molecular weight is 440 g/mol. The topological polar surface area (TPSA) is 36.3 Å². The quantitative estimate of drug-likeness (QED) is 0.422. The molecule has 164 valence electrons. The lowest BCUT2D eigenvalue weighted by molar-refractivity contribution is -0.137. The van der Waals surface area contributed by atoms with Crippen LogP contribution in [-0.2, 0) is 12.6 Å². The van der Waals surface area contributed by atoms with Crippen molar-refractivity contribution in [3.8, 4) is 22.9 Å². The van der Waals surface area contributed by atoms with Gasteiger partial charge in [-0.15, -0.1) is 0 Å². The number of hydrogen-bond donors (Lipinski definition) is 0. The third kappa shape index (κ3) is 4.40. The number of benzene rings is 3. The fraction of sp³-hybridized carbons (Fsp3) is 0.240. The first-order chi connectivity index (χ1) is 15.1. The van der Waals surface area contributed by atoms with E-state index in [9.17, 15) is 17.6 Å². The highest BCUT2D eigenvalue weighted by Gasteiger charge is 2.32. The zero-order valence-corrected chi connectivity index (χ0v) is 17.5. The van der Waals surface area contributed by atoms with Gasteiger partial charge in [-0.2, -0.15) is 18.4 Å². The summed E-state index contributed by atoms with van der Waals surface area (Å²) < 4.78 is 52.6. The van der Waals surface area contributed by atoms with E-state index in [0.29, 0.717) is 12.1 Å². The Labute approximate surface area is 183 Å². The number of fused-ring (bicyclic) bond motifs is 1. The zero-order valence-electron chi connectivity index (χ0n) is 17.5. The first kappa shape index (κ1) is 21.7. The molecule has 0 aliphatic carbocycles. The molecule has 0 saturated heterocycles. The van der Waals surface area contributed by atoms with E-state index >= 15 is 0 Å². The maximum absolute atomic E-state index is 14.0. The lowest BCUT2D eigenvalue weighted by Crippen LogP contribution is -2.42. The van der Waals surface area contributed by atoms with Crippen molar-refractivity contribution in [1.82, 2.24) is 0 Å². The van der Waals surface area contributed by atoms with E-state index in [0.717, 1.165) is 35.4 Å². The molecule has 1 heterocycles. The Morgan fingerprint density at radius 1 is 0.969 bits per heavy atom. The SMILES string of the molecule is CC1(C)Cc2cc(-c3ccc(C(F)(F)F)cc3)ccc2N(Oc2ccc(C#N)c(F)c2)C1. The first-order valence-corrected chi connectivity index (χ1v) is 10.0. The summed E-state index contributed by atoms with van der Waals surface area (Å²) in [6.07, 6.45) is -3.63. The number of anilines is 1. The summed E-state index contributed by atoms with van der Waals surface area (Å²) in [4.78, 5) is 5.96. The predicted octanol–water partition coefficient (Wildman–Crippen LogP) is 6.77. The zero-order chi connectivity index (χ0) is 23.1. The van der Waals surface area contributed by atoms with Crippen LogP contribution in [-0.4, -0.2) is 6.54 Å². The molecule has 32 heavy (non-hydrogen) atoms. The van der Waals surface area contributed by atoms with Crippen molar-refractivity contribution in [3.63, 3.8) is 0 Å². The molecule has 3 nitrogen and oxygen atoms in total. The van der Waals surface area contributed by atoms with Crippen LogP contribution >= 0.6 is 0 Å². The summed E-state index contributed by atoms with van der Waals surface area (Å²) in [5.74, 6) is -0.379. The van der Waals surface area contributed by atoms with Crippen LogP contribution in [0.5, 0.6) is 5.75 Å². The second kappa shape index (κ2) is 7.86. The van der Waals surface area contributed by atoms with Crippen LogP contribution < -0.4 is 9.90 Å². The van der Waals surface area contributed by atoms with Crippen LogP contribution in [0.4, 0.5) is 23.2 Å². The molecule has 0 saturated carbocycles. The van der Waals surface area contributed by atoms with Gasteiger partial charge >= 0.3 is 6.18 Å². The monoisotopic (exact) mass is 440 g/mol. The number of hydroxylamine groups is 1. The highest BCUT2D eigenvalue weighted by Crippen LogP contribution is 2.39. The fourth-order valence-electron chi connectivity index (χ4n) is 3.90. The second-order valence-electron chi connectivity index (χ2n) is 8.64. The maximum atomic E-state index is 14.0. The van der Waals surface area contributed by atoms with Crippen LogP contribution in [0.1, 0.15) is 30.5 Å². The normalized spacial score (nSPS) is 15.1. The largest absolute Gasteiger partial charge is 0.416 e. The van der Waals surface area contributed by atoms with Gasteiger partial charge in [-0.05, 0) is 64.9 Å². The maximum Gasteiger partial charge on any atom is 0.416 e. The molecule has 7 heteroatoms. The van der Waals surface area contributed by atoms with Crippen molar-refractivity contribution in [3.05, 3.63) is 83.2 Å². The van der Waals surface area contributed by atoms with Gasteiger partial charge in [0.1, 0.15) is 11.9 Å². The van der Waals surface area contributed by atoms with E-state index in [4.69, 9.17) is 10.1 Å². The van der Waals surface area contributed by atoms with Crippen LogP contribution in [0.2, 0.25) is 0 Å². The number of nitrogens with zero attached hydrogens (tertiary/aromatic N) is 2. The number of nitriles is 1. The molecule has 0 fully saturated rings. The standard InChI is InChI=1S/C25H20F4N2O/c1-24(2)13-19-11-17(16-3-7-20(8-4-16)25(27,28)29)6-10-23(19)31(15-24)32-21-9-5-18(14-30)22(26)12-21/h3-12H,13,15H2,1-2H3. The molecule has 0 spiro atoms. The first-order valence-electron chi connectivity index (χ1n) is 10.0. The van der Waals surface area contributed by atoms with Gasteiger partial charge in [0.15, 0.2) is 5.75 Å². The van der Waals surface area contributed by atoms with Gasteiger partial charge in [-0.1, -0.05) is 32.0 Å². The van der Waals surface area contributed by atoms with E-state index in [2.05, 4.69) is 13.8 Å². The van der Waals surface area contributed by atoms with Crippen LogP contribution in [0.3, 0.4) is 0 Å². The van der Waals surface area contributed by atoms with Gasteiger partial charge in [0.2, 0.25) is 0 Å². The molecule has 0 amide bonds. The second-order valence-corrected chi connectivity index (χ2v) is 8.64. The van der Waals surface area contributed by atoms with Gasteiger partial charge in [-0.25, -0.2) is 9.45 Å². The van der Waals surface area contributed by atoms with Gasteiger partial charge in [0.25, 0.3) is 0 Å². The minimum Gasteiger partial charge on any atom is -0.379 e. The summed E-state index contributed by atoms with van der Waals surface area (Å²) in [5, 5.41) is 10.6. The van der Waals surface area contributed by atoms with E-state index < -0.39 is 17.6 Å². The summed E-state index contributed by atoms with van der Waals surface area (Å²) in [7, 11) is 0. The van der Waals surface area contributed by atoms with Crippen molar-refractivity contribution >= 4 is 5.69 Å². The van der Waals surface area contributed by atoms with E-state index in [1.54, 1.807) is 17.2 Å². The molecular weight excluding hydrogens is 420 g/mol. The smallest absolute Gasteiger partial charge is 0.379 e. The van der Waals surface area contributed by atoms with E-state index in [1.807, 2.05) is 18.2 Å². The van der Waals surface area contributed by atoms with Crippen molar-refractivity contribution < 1.29 is 22.4 Å². The third-order valence-corrected chi connectivity index (χ3v) is 5.41. The molecule has 1 aliphatic rings. The Hall–Kier alpha value is -3.53. The molecular formula is C25H20F4N2O. The molecule has 0 atom stereocenters. The fourth-order valence-corrected chi connectivity index (χ4v) is 3.90. The minimum atomic E-state index is -4.37. The van der Waals surface area contributed by atoms with E-state index in [1.165, 1.54) is 24.3 Å². The molecule has 3 aromatic rings. The molecule has 3 aromatic carbocycles. The van der Waals surface area contributed by atoms with Gasteiger partial charge < -0.3 is 4.84 Å². The lowest BCUT2D eigenvalue weighted by Gasteiger charge is -2.39. The highest BCUT2D eigenvalue weighted by atomic mass is 19.4. The Morgan fingerprint density at radius 3 is 2.28 bits per heavy atom. The third-order valence-electron chi connectivity index (χ3n) is 5.41. The summed E-state index contributed by atoms with van der Waals surface area (Å²) >= 11 is 0. The minimum absolute atomic E-state index is 0.0575. The molecule has 0 aromatic heterocycles. The predicted molar refractivity (Wildman–Crippen MR) is 113 cm³/mol. The van der Waals surface area contributed by atoms with Gasteiger partial charge in [-0.3, -0.25) is 0 Å². The number of alkyl halides is 3. The van der Waals surface area contributed by atoms with Crippen molar-refractivity contribution in [1.29, 1.82) is 5.26 Å². The Bertz CT molecular complexity index is 1190. The van der Waals surface area contributed by atoms with Crippen LogP contribution in [0.25, 0.3) is 11.1 Å². The van der Waals surface area contributed by atoms with Crippen LogP contribution in [0.15, 0.2) is 60.7 Å². The Kier molecular flexibility index (Phi) is 5.33. The molecule has 0 unspecified atom stereocenters. The Morgan fingerprint density at radius 2 is 1.66 bits per heavy atom. The average Bonchev–Trinajstić information content (AvgIpc) is 2.72. The molecule has 1 aliphatic heterocycles. The number of halogens is 4. The lowest BCUT2D eigenvalue weighted by atomic mass is 9.81. The van der Waals surface area contributed by atoms with Crippen LogP contribution in [0, 0.1) is 22.6 Å². The van der Waals surface area contributed by atoms with Crippen molar-refractivity contribution in [2.75, 3.05) is 11.6 Å². The molecule has 0 radical (unpaired) electrons. The van der Waals surface area contributed by atoms with E-state index in [-0.39, 0.29) is 16.7 Å². The van der Waals surface area contributed by atoms with Crippen molar-refractivity contribution in [2.24, 2.45) is 5.41 Å². The highest BCUT2D eigenvalue weighted by molar-refractivity contribution is 5.70. The van der Waals surface area contributed by atoms with Gasteiger partial charge in [0.05, 0.1) is 23.4 Å². The molecule has 0 bridgehead atoms.